The minimum absolute atomic E-state index is 0.0160. The van der Waals surface area contributed by atoms with Gasteiger partial charge >= 0.3 is 0 Å². The van der Waals surface area contributed by atoms with Crippen LogP contribution in [0.25, 0.3) is 22.3 Å². The van der Waals surface area contributed by atoms with E-state index in [-0.39, 0.29) is 33.8 Å². The number of aliphatic hydroxyl groups excluding tert-OH is 5. The molecule has 0 radical (unpaired) electrons. The van der Waals surface area contributed by atoms with Crippen LogP contribution in [0.1, 0.15) is 11.7 Å². The van der Waals surface area contributed by atoms with E-state index in [2.05, 4.69) is 0 Å². The first kappa shape index (κ1) is 29.2. The maximum absolute atomic E-state index is 13.0. The van der Waals surface area contributed by atoms with E-state index in [4.69, 9.17) is 23.4 Å². The zero-order valence-electron chi connectivity index (χ0n) is 21.7. The average Bonchev–Trinajstić information content (AvgIpc) is 3.25. The topological polar surface area (TPSA) is 229 Å². The molecule has 2 saturated heterocycles. The Labute approximate surface area is 231 Å². The van der Waals surface area contributed by atoms with E-state index >= 15 is 0 Å². The summed E-state index contributed by atoms with van der Waals surface area (Å²) in [4.78, 5) is 13.0. The SMILES string of the molecule is COc1cc(-c2cc(=O)c3ccc(O)c([C@@H]4O[C@H](CO[C@@H]5OC[C@](O)(CO)[C@H]5O)[C@@H](O)[C@H](O)[C@H]4O)c3o2)ccc1O. The van der Waals surface area contributed by atoms with Crippen molar-refractivity contribution >= 4 is 11.0 Å². The zero-order chi connectivity index (χ0) is 29.6. The van der Waals surface area contributed by atoms with Crippen molar-refractivity contribution in [3.8, 4) is 28.6 Å². The van der Waals surface area contributed by atoms with Gasteiger partial charge in [-0.1, -0.05) is 0 Å². The number of phenols is 2. The first-order valence-corrected chi connectivity index (χ1v) is 12.6. The highest BCUT2D eigenvalue weighted by Crippen LogP contribution is 2.42. The Kier molecular flexibility index (Phi) is 7.95. The number of phenolic OH excluding ortho intramolecular Hbond substituents is 2. The molecule has 0 aliphatic carbocycles. The largest absolute Gasteiger partial charge is 0.507 e. The number of hydrogen-bond donors (Lipinski definition) is 8. The smallest absolute Gasteiger partial charge is 0.193 e. The van der Waals surface area contributed by atoms with Gasteiger partial charge in [0, 0.05) is 11.6 Å². The molecule has 0 unspecified atom stereocenters. The fourth-order valence-corrected chi connectivity index (χ4v) is 4.93. The highest BCUT2D eigenvalue weighted by Gasteiger charge is 2.50. The lowest BCUT2D eigenvalue weighted by Crippen LogP contribution is -2.56. The van der Waals surface area contributed by atoms with Gasteiger partial charge in [-0.25, -0.2) is 0 Å². The van der Waals surface area contributed by atoms with Gasteiger partial charge in [0.05, 0.1) is 37.9 Å². The predicted molar refractivity (Wildman–Crippen MR) is 137 cm³/mol. The standard InChI is InChI=1S/C27H30O14/c1-37-17-6-11(2-4-13(17)29)16-7-15(31)12-3-5-14(30)19(23(12)40-16)24-22(34)21(33)20(32)18(41-24)8-38-26-25(35)27(36,9-28)10-39-26/h2-7,18,20-22,24-26,28-30,32-36H,8-10H2,1H3/t18-,20-,21+,22-,24+,25+,26-,27-/m1/s1. The summed E-state index contributed by atoms with van der Waals surface area (Å²) < 4.78 is 27.6. The van der Waals surface area contributed by atoms with Crippen molar-refractivity contribution in [2.45, 2.75) is 48.5 Å². The van der Waals surface area contributed by atoms with Crippen molar-refractivity contribution in [3.05, 3.63) is 52.2 Å². The van der Waals surface area contributed by atoms with Gasteiger partial charge in [-0.05, 0) is 30.3 Å². The molecule has 3 heterocycles. The number of hydrogen-bond acceptors (Lipinski definition) is 14. The zero-order valence-corrected chi connectivity index (χ0v) is 21.7. The fraction of sp³-hybridized carbons (Fsp3) is 0.444. The van der Waals surface area contributed by atoms with Crippen molar-refractivity contribution < 1.29 is 64.2 Å². The Morgan fingerprint density at radius 1 is 1.00 bits per heavy atom. The minimum Gasteiger partial charge on any atom is -0.507 e. The van der Waals surface area contributed by atoms with Crippen LogP contribution in [-0.4, -0.2) is 110 Å². The van der Waals surface area contributed by atoms with Crippen LogP contribution in [-0.2, 0) is 14.2 Å². The van der Waals surface area contributed by atoms with Crippen molar-refractivity contribution in [3.63, 3.8) is 0 Å². The molecule has 1 aromatic heterocycles. The van der Waals surface area contributed by atoms with E-state index in [1.54, 1.807) is 0 Å². The van der Waals surface area contributed by atoms with Gasteiger partial charge in [0.2, 0.25) is 0 Å². The van der Waals surface area contributed by atoms with E-state index in [0.29, 0.717) is 5.56 Å². The van der Waals surface area contributed by atoms with Crippen molar-refractivity contribution in [2.24, 2.45) is 0 Å². The van der Waals surface area contributed by atoms with Crippen LogP contribution in [0.2, 0.25) is 0 Å². The molecule has 8 N–H and O–H groups in total. The maximum atomic E-state index is 13.0. The number of aromatic hydroxyl groups is 2. The summed E-state index contributed by atoms with van der Waals surface area (Å²) in [5, 5.41) is 82.6. The van der Waals surface area contributed by atoms with Crippen LogP contribution in [0.15, 0.2) is 45.6 Å². The van der Waals surface area contributed by atoms with Crippen molar-refractivity contribution in [2.75, 3.05) is 26.9 Å². The number of fused-ring (bicyclic) bond motifs is 1. The summed E-state index contributed by atoms with van der Waals surface area (Å²) in [5.74, 6) is -0.451. The van der Waals surface area contributed by atoms with E-state index in [9.17, 15) is 45.6 Å². The molecule has 14 heteroatoms. The molecule has 222 valence electrons. The summed E-state index contributed by atoms with van der Waals surface area (Å²) >= 11 is 0. The molecule has 5 rings (SSSR count). The predicted octanol–water partition coefficient (Wildman–Crippen LogP) is -1.14. The van der Waals surface area contributed by atoms with Crippen LogP contribution in [0.4, 0.5) is 0 Å². The second-order valence-electron chi connectivity index (χ2n) is 10.0. The molecular formula is C27H30O14. The van der Waals surface area contributed by atoms with Crippen molar-refractivity contribution in [1.82, 2.24) is 0 Å². The molecule has 0 saturated carbocycles. The van der Waals surface area contributed by atoms with E-state index < -0.39 is 79.5 Å². The molecule has 0 amide bonds. The number of benzene rings is 2. The number of ether oxygens (including phenoxy) is 4. The first-order valence-electron chi connectivity index (χ1n) is 12.6. The van der Waals surface area contributed by atoms with Gasteiger partial charge in [-0.15, -0.1) is 0 Å². The molecule has 8 atom stereocenters. The third kappa shape index (κ3) is 5.14. The molecule has 2 aliphatic heterocycles. The average molecular weight is 579 g/mol. The molecule has 2 aromatic carbocycles. The Balaban J connectivity index is 1.50. The van der Waals surface area contributed by atoms with Gasteiger partial charge in [-0.2, -0.15) is 0 Å². The van der Waals surface area contributed by atoms with Crippen LogP contribution < -0.4 is 10.2 Å². The van der Waals surface area contributed by atoms with Crippen molar-refractivity contribution in [1.29, 1.82) is 0 Å². The molecule has 2 fully saturated rings. The molecule has 3 aromatic rings. The quantitative estimate of drug-likeness (QED) is 0.166. The highest BCUT2D eigenvalue weighted by molar-refractivity contribution is 5.84. The third-order valence-corrected chi connectivity index (χ3v) is 7.38. The van der Waals surface area contributed by atoms with Gasteiger partial charge in [0.25, 0.3) is 0 Å². The maximum Gasteiger partial charge on any atom is 0.193 e. The second kappa shape index (κ2) is 11.2. The lowest BCUT2D eigenvalue weighted by atomic mass is 9.90. The molecule has 2 aliphatic rings. The summed E-state index contributed by atoms with van der Waals surface area (Å²) in [5.41, 5.74) is -2.49. The molecule has 41 heavy (non-hydrogen) atoms. The first-order chi connectivity index (χ1) is 19.5. The van der Waals surface area contributed by atoms with E-state index in [0.717, 1.165) is 0 Å². The number of aliphatic hydroxyl groups is 6. The summed E-state index contributed by atoms with van der Waals surface area (Å²) in [6, 6.07) is 7.94. The Hall–Kier alpha value is -3.31. The summed E-state index contributed by atoms with van der Waals surface area (Å²) in [7, 11) is 1.35. The van der Waals surface area contributed by atoms with E-state index in [1.165, 1.54) is 43.5 Å². The Morgan fingerprint density at radius 2 is 1.73 bits per heavy atom. The van der Waals surface area contributed by atoms with Crippen LogP contribution >= 0.6 is 0 Å². The normalized spacial score (nSPS) is 31.9. The van der Waals surface area contributed by atoms with Gasteiger partial charge in [0.15, 0.2) is 23.2 Å². The third-order valence-electron chi connectivity index (χ3n) is 7.38. The Bertz CT molecular complexity index is 1470. The molecule has 0 bridgehead atoms. The Morgan fingerprint density at radius 3 is 2.41 bits per heavy atom. The van der Waals surface area contributed by atoms with Crippen LogP contribution in [0, 0.1) is 0 Å². The minimum atomic E-state index is -1.96. The van der Waals surface area contributed by atoms with Gasteiger partial charge in [-0.3, -0.25) is 4.79 Å². The van der Waals surface area contributed by atoms with E-state index in [1.807, 2.05) is 0 Å². The summed E-state index contributed by atoms with van der Waals surface area (Å²) in [6.45, 7) is -1.74. The van der Waals surface area contributed by atoms with Crippen LogP contribution in [0.3, 0.4) is 0 Å². The second-order valence-corrected chi connectivity index (χ2v) is 10.0. The number of rotatable bonds is 7. The lowest BCUT2D eigenvalue weighted by molar-refractivity contribution is -0.252. The lowest BCUT2D eigenvalue weighted by Gasteiger charge is -2.41. The molecule has 0 spiro atoms. The van der Waals surface area contributed by atoms with Gasteiger partial charge in [0.1, 0.15) is 59.3 Å². The fourth-order valence-electron chi connectivity index (χ4n) is 4.93. The monoisotopic (exact) mass is 578 g/mol. The highest BCUT2D eigenvalue weighted by atomic mass is 16.7. The molecule has 14 nitrogen and oxygen atoms in total. The molecular weight excluding hydrogens is 548 g/mol. The van der Waals surface area contributed by atoms with Crippen LogP contribution in [0.5, 0.6) is 17.2 Å². The number of methoxy groups -OCH3 is 1. The van der Waals surface area contributed by atoms with Gasteiger partial charge < -0.3 is 64.2 Å². The summed E-state index contributed by atoms with van der Waals surface area (Å²) in [6.07, 6.45) is -11.2.